The van der Waals surface area contributed by atoms with Gasteiger partial charge in [0.05, 0.1) is 24.3 Å². The number of aliphatic hydroxyl groups is 2. The molecule has 1 aromatic heterocycles. The maximum atomic E-state index is 13.6. The Kier molecular flexibility index (Phi) is 6.28. The summed E-state index contributed by atoms with van der Waals surface area (Å²) in [6.45, 7) is 4.11. The molecule has 0 saturated carbocycles. The number of nitrogens with zero attached hydrogens (tertiary/aromatic N) is 1. The highest BCUT2D eigenvalue weighted by Gasteiger charge is 2.74. The summed E-state index contributed by atoms with van der Waals surface area (Å²) in [7, 11) is 0. The first-order chi connectivity index (χ1) is 20.2. The molecule has 17 nitrogen and oxygen atoms in total. The third-order valence-electron chi connectivity index (χ3n) is 8.65. The molecule has 0 unspecified atom stereocenters. The Balaban J connectivity index is 1.26. The van der Waals surface area contributed by atoms with Gasteiger partial charge in [-0.15, -0.1) is 0 Å². The number of amides is 2. The van der Waals surface area contributed by atoms with Crippen LogP contribution in [0.15, 0.2) is 33.9 Å². The molecule has 3 saturated heterocycles. The van der Waals surface area contributed by atoms with Crippen molar-refractivity contribution in [2.75, 3.05) is 19.7 Å². The molecule has 2 amide bonds. The molecule has 17 heteroatoms. The van der Waals surface area contributed by atoms with Crippen LogP contribution < -0.4 is 42.6 Å². The van der Waals surface area contributed by atoms with E-state index in [1.165, 1.54) is 4.90 Å². The van der Waals surface area contributed by atoms with E-state index < -0.39 is 52.6 Å². The third kappa shape index (κ3) is 4.30. The highest BCUT2D eigenvalue weighted by molar-refractivity contribution is 5.98. The number of ether oxygens (including phenoxy) is 1. The topological polar surface area (TPSA) is 261 Å². The first-order valence-electron chi connectivity index (χ1n) is 13.6. The van der Waals surface area contributed by atoms with E-state index >= 15 is 0 Å². The number of guanidine groups is 2. The molecule has 1 aromatic carbocycles. The number of aromatic nitrogens is 2. The predicted octanol–water partition coefficient (Wildman–Crippen LogP) is -3.25. The average molecular weight is 597 g/mol. The molecule has 5 heterocycles. The van der Waals surface area contributed by atoms with Crippen LogP contribution in [-0.2, 0) is 5.41 Å². The highest BCUT2D eigenvalue weighted by atomic mass is 16.5. The van der Waals surface area contributed by atoms with Crippen LogP contribution in [0, 0.1) is 10.8 Å². The number of fused-ring (bicyclic) bond motifs is 1. The Hall–Kier alpha value is -4.90. The maximum absolute atomic E-state index is 13.6. The Bertz CT molecular complexity index is 1640. The number of carbonyl (C=O) groups is 2. The van der Waals surface area contributed by atoms with E-state index in [1.807, 2.05) is 11.1 Å². The summed E-state index contributed by atoms with van der Waals surface area (Å²) >= 11 is 0. The van der Waals surface area contributed by atoms with Gasteiger partial charge in [0.2, 0.25) is 5.79 Å². The Morgan fingerprint density at radius 1 is 1.14 bits per heavy atom. The summed E-state index contributed by atoms with van der Waals surface area (Å²) in [5, 5.41) is 54.0. The quantitative estimate of drug-likeness (QED) is 0.153. The van der Waals surface area contributed by atoms with Gasteiger partial charge in [0.15, 0.2) is 17.6 Å². The largest absolute Gasteiger partial charge is 0.492 e. The molecule has 0 aliphatic carbocycles. The summed E-state index contributed by atoms with van der Waals surface area (Å²) in [6, 6.07) is 2.91. The molecule has 4 aliphatic heterocycles. The van der Waals surface area contributed by atoms with E-state index in [0.29, 0.717) is 12.4 Å². The summed E-state index contributed by atoms with van der Waals surface area (Å²) in [5.41, 5.74) is -2.95. The second-order valence-corrected chi connectivity index (χ2v) is 11.7. The summed E-state index contributed by atoms with van der Waals surface area (Å²) in [6.07, 6.45) is 0.770. The number of aromatic amines is 2. The fraction of sp³-hybridized carbons (Fsp3) is 0.462. The zero-order valence-corrected chi connectivity index (χ0v) is 23.3. The van der Waals surface area contributed by atoms with Crippen molar-refractivity contribution >= 4 is 23.7 Å². The number of rotatable bonds is 5. The number of para-hydroxylation sites is 1. The fourth-order valence-electron chi connectivity index (χ4n) is 6.42. The Morgan fingerprint density at radius 3 is 2.65 bits per heavy atom. The molecular weight excluding hydrogens is 564 g/mol. The molecule has 0 radical (unpaired) electrons. The van der Waals surface area contributed by atoms with Crippen molar-refractivity contribution in [2.45, 2.75) is 55.3 Å². The minimum atomic E-state index is -2.73. The zero-order valence-electron chi connectivity index (χ0n) is 23.3. The normalized spacial score (nSPS) is 27.8. The molecule has 11 N–H and O–H groups in total. The third-order valence-corrected chi connectivity index (χ3v) is 8.65. The number of benzene rings is 1. The van der Waals surface area contributed by atoms with Gasteiger partial charge in [-0.05, 0) is 17.9 Å². The minimum Gasteiger partial charge on any atom is -0.492 e. The molecule has 2 aromatic rings. The van der Waals surface area contributed by atoms with Crippen molar-refractivity contribution in [1.82, 2.24) is 41.5 Å². The van der Waals surface area contributed by atoms with Crippen LogP contribution in [0.4, 0.5) is 0 Å². The van der Waals surface area contributed by atoms with Gasteiger partial charge in [0.25, 0.3) is 17.4 Å². The summed E-state index contributed by atoms with van der Waals surface area (Å²) < 4.78 is 5.86. The van der Waals surface area contributed by atoms with Crippen LogP contribution in [0.3, 0.4) is 0 Å². The first kappa shape index (κ1) is 28.2. The highest BCUT2D eigenvalue weighted by Crippen LogP contribution is 2.44. The number of hydrogen-bond acceptors (Lipinski definition) is 9. The molecule has 3 fully saturated rings. The SMILES string of the molecule is CC1(C)CCOc2c(C(=O)N[C@H]3CN4C(=N)N[C@@H](CNC(=O)c5cc(=O)[nH]c(=O)[nH]5)[C@@H]5NC(=N)N[C@@]54C3(O)O)cccc21. The van der Waals surface area contributed by atoms with Gasteiger partial charge >= 0.3 is 5.69 Å². The molecular formula is C26H32N10O7. The number of hydrogen-bond donors (Lipinski definition) is 11. The smallest absolute Gasteiger partial charge is 0.326 e. The van der Waals surface area contributed by atoms with Gasteiger partial charge in [-0.25, -0.2) is 4.79 Å². The summed E-state index contributed by atoms with van der Waals surface area (Å²) in [5.74, 6) is -4.21. The average Bonchev–Trinajstić information content (AvgIpc) is 3.40. The fourth-order valence-corrected chi connectivity index (χ4v) is 6.42. The van der Waals surface area contributed by atoms with E-state index in [9.17, 15) is 29.4 Å². The van der Waals surface area contributed by atoms with Crippen LogP contribution in [0.1, 0.15) is 46.7 Å². The van der Waals surface area contributed by atoms with Crippen LogP contribution in [0.5, 0.6) is 5.75 Å². The van der Waals surface area contributed by atoms with Crippen molar-refractivity contribution in [1.29, 1.82) is 10.8 Å². The molecule has 6 rings (SSSR count). The van der Waals surface area contributed by atoms with Crippen molar-refractivity contribution in [3.05, 3.63) is 61.9 Å². The summed E-state index contributed by atoms with van der Waals surface area (Å²) in [4.78, 5) is 54.9. The lowest BCUT2D eigenvalue weighted by Gasteiger charge is -2.51. The van der Waals surface area contributed by atoms with E-state index in [4.69, 9.17) is 15.6 Å². The van der Waals surface area contributed by atoms with Gasteiger partial charge in [-0.1, -0.05) is 26.0 Å². The van der Waals surface area contributed by atoms with Gasteiger partial charge < -0.3 is 51.4 Å². The van der Waals surface area contributed by atoms with Gasteiger partial charge in [-0.3, -0.25) is 30.2 Å². The number of H-pyrrole nitrogens is 2. The Labute approximate surface area is 243 Å². The van der Waals surface area contributed by atoms with Crippen molar-refractivity contribution < 1.29 is 24.5 Å². The van der Waals surface area contributed by atoms with E-state index in [1.54, 1.807) is 12.1 Å². The molecule has 1 spiro atoms. The van der Waals surface area contributed by atoms with Gasteiger partial charge in [0.1, 0.15) is 17.5 Å². The van der Waals surface area contributed by atoms with Crippen LogP contribution in [-0.4, -0.2) is 98.1 Å². The lowest BCUT2D eigenvalue weighted by atomic mass is 9.79. The zero-order chi connectivity index (χ0) is 30.9. The molecule has 4 aliphatic rings. The maximum Gasteiger partial charge on any atom is 0.326 e. The number of nitrogens with one attached hydrogen (secondary N) is 9. The molecule has 228 valence electrons. The van der Waals surface area contributed by atoms with E-state index in [-0.39, 0.29) is 41.7 Å². The minimum absolute atomic E-state index is 0.211. The van der Waals surface area contributed by atoms with Gasteiger partial charge in [0, 0.05) is 24.7 Å². The van der Waals surface area contributed by atoms with Crippen LogP contribution >= 0.6 is 0 Å². The van der Waals surface area contributed by atoms with Crippen molar-refractivity contribution in [3.63, 3.8) is 0 Å². The lowest BCUT2D eigenvalue weighted by Crippen LogP contribution is -2.81. The second kappa shape index (κ2) is 9.56. The molecule has 0 bridgehead atoms. The van der Waals surface area contributed by atoms with Crippen LogP contribution in [0.25, 0.3) is 0 Å². The van der Waals surface area contributed by atoms with Crippen molar-refractivity contribution in [2.24, 2.45) is 0 Å². The van der Waals surface area contributed by atoms with Gasteiger partial charge in [-0.2, -0.15) is 0 Å². The lowest BCUT2D eigenvalue weighted by molar-refractivity contribution is -0.232. The Morgan fingerprint density at radius 2 is 1.91 bits per heavy atom. The van der Waals surface area contributed by atoms with E-state index in [0.717, 1.165) is 18.1 Å². The van der Waals surface area contributed by atoms with Crippen molar-refractivity contribution in [3.8, 4) is 5.75 Å². The number of carbonyl (C=O) groups excluding carboxylic acids is 2. The molecule has 4 atom stereocenters. The second-order valence-electron chi connectivity index (χ2n) is 11.7. The molecule has 43 heavy (non-hydrogen) atoms. The van der Waals surface area contributed by atoms with Crippen LogP contribution in [0.2, 0.25) is 0 Å². The first-order valence-corrected chi connectivity index (χ1v) is 13.6. The monoisotopic (exact) mass is 596 g/mol. The van der Waals surface area contributed by atoms with E-state index in [2.05, 4.69) is 45.4 Å². The predicted molar refractivity (Wildman–Crippen MR) is 150 cm³/mol. The standard InChI is InChI=1S/C26H32N10O7/c1-24(2)6-7-43-17-11(4-3-5-12(17)24)19(38)32-15-10-36-22(28)30-14(18-25(36,26(15,41)42)35-21(27)34-18)9-29-20(39)13-8-16(37)33-23(40)31-13/h3-5,8,14-15,18,41-42H,6-7,9-10H2,1-2H3,(H2,28,30)(H,29,39)(H,32,38)(H3,27,34,35)(H2,31,33,37,40)/t14-,15-,18-,25-/m0/s1.